The number of carbonyl (C=O) groups is 2. The molecule has 0 aromatic heterocycles. The summed E-state index contributed by atoms with van der Waals surface area (Å²) in [5.74, 6) is -0.879. The molecular formula is C12H22N2O5. The number of amides is 1. The Morgan fingerprint density at radius 3 is 2.63 bits per heavy atom. The number of rotatable bonds is 7. The first-order valence-electron chi connectivity index (χ1n) is 6.42. The summed E-state index contributed by atoms with van der Waals surface area (Å²) in [6.07, 6.45) is 0.789. The van der Waals surface area contributed by atoms with Crippen molar-refractivity contribution < 1.29 is 24.2 Å². The van der Waals surface area contributed by atoms with Crippen molar-refractivity contribution in [1.82, 2.24) is 9.80 Å². The van der Waals surface area contributed by atoms with E-state index in [0.717, 1.165) is 6.42 Å². The van der Waals surface area contributed by atoms with Gasteiger partial charge in [-0.15, -0.1) is 0 Å². The molecule has 0 saturated carbocycles. The minimum Gasteiger partial charge on any atom is -0.480 e. The van der Waals surface area contributed by atoms with Gasteiger partial charge in [-0.05, 0) is 6.42 Å². The fourth-order valence-corrected chi connectivity index (χ4v) is 1.96. The summed E-state index contributed by atoms with van der Waals surface area (Å²) in [6, 6.07) is 0. The van der Waals surface area contributed by atoms with Gasteiger partial charge >= 0.3 is 5.97 Å². The van der Waals surface area contributed by atoms with Crippen LogP contribution in [0.4, 0.5) is 0 Å². The second-order valence-electron chi connectivity index (χ2n) is 4.45. The molecule has 0 bridgehead atoms. The number of methoxy groups -OCH3 is 1. The van der Waals surface area contributed by atoms with Crippen molar-refractivity contribution in [3.63, 3.8) is 0 Å². The molecule has 110 valence electrons. The summed E-state index contributed by atoms with van der Waals surface area (Å²) < 4.78 is 10.0. The van der Waals surface area contributed by atoms with Gasteiger partial charge in [0, 0.05) is 33.3 Å². The van der Waals surface area contributed by atoms with Gasteiger partial charge in [0.25, 0.3) is 0 Å². The fourth-order valence-electron chi connectivity index (χ4n) is 1.96. The third kappa shape index (κ3) is 6.51. The van der Waals surface area contributed by atoms with E-state index >= 15 is 0 Å². The SMILES string of the molecule is COCCOCC(=O)N1CCCN(CC(=O)O)CC1. The maximum Gasteiger partial charge on any atom is 0.317 e. The third-order valence-corrected chi connectivity index (χ3v) is 2.96. The van der Waals surface area contributed by atoms with Crippen LogP contribution in [-0.2, 0) is 19.1 Å². The predicted molar refractivity (Wildman–Crippen MR) is 68.0 cm³/mol. The van der Waals surface area contributed by atoms with Crippen molar-refractivity contribution in [2.75, 3.05) is 59.7 Å². The summed E-state index contributed by atoms with van der Waals surface area (Å²) in [5.41, 5.74) is 0. The molecule has 0 radical (unpaired) electrons. The molecule has 0 atom stereocenters. The summed E-state index contributed by atoms with van der Waals surface area (Å²) in [6.45, 7) is 3.48. The van der Waals surface area contributed by atoms with E-state index in [0.29, 0.717) is 39.4 Å². The standard InChI is InChI=1S/C12H22N2O5/c1-18-7-8-19-10-11(15)14-4-2-3-13(5-6-14)9-12(16)17/h2-10H2,1H3,(H,16,17). The van der Waals surface area contributed by atoms with Gasteiger partial charge in [0.15, 0.2) is 0 Å². The van der Waals surface area contributed by atoms with Gasteiger partial charge in [0.1, 0.15) is 6.61 Å². The van der Waals surface area contributed by atoms with Crippen molar-refractivity contribution in [2.45, 2.75) is 6.42 Å². The second kappa shape index (κ2) is 8.84. The van der Waals surface area contributed by atoms with Gasteiger partial charge in [0.2, 0.25) is 5.91 Å². The highest BCUT2D eigenvalue weighted by molar-refractivity contribution is 5.77. The first-order chi connectivity index (χ1) is 9.13. The summed E-state index contributed by atoms with van der Waals surface area (Å²) >= 11 is 0. The van der Waals surface area contributed by atoms with Crippen molar-refractivity contribution in [3.05, 3.63) is 0 Å². The van der Waals surface area contributed by atoms with Gasteiger partial charge in [0.05, 0.1) is 19.8 Å². The average Bonchev–Trinajstić information content (AvgIpc) is 2.59. The monoisotopic (exact) mass is 274 g/mol. The predicted octanol–water partition coefficient (Wildman–Crippen LogP) is -0.732. The molecule has 1 aliphatic rings. The van der Waals surface area contributed by atoms with E-state index in [1.165, 1.54) is 0 Å². The topological polar surface area (TPSA) is 79.3 Å². The summed E-state index contributed by atoms with van der Waals surface area (Å²) in [7, 11) is 1.58. The molecule has 1 heterocycles. The van der Waals surface area contributed by atoms with Crippen molar-refractivity contribution >= 4 is 11.9 Å². The molecule has 1 saturated heterocycles. The number of aliphatic carboxylic acids is 1. The van der Waals surface area contributed by atoms with E-state index in [9.17, 15) is 9.59 Å². The molecule has 7 nitrogen and oxygen atoms in total. The Morgan fingerprint density at radius 1 is 1.16 bits per heavy atom. The molecule has 0 aromatic rings. The first kappa shape index (κ1) is 15.9. The normalized spacial score (nSPS) is 17.2. The highest BCUT2D eigenvalue weighted by atomic mass is 16.5. The number of carboxylic acids is 1. The van der Waals surface area contributed by atoms with Crippen LogP contribution in [0.1, 0.15) is 6.42 Å². The minimum absolute atomic E-state index is 0.0341. The van der Waals surface area contributed by atoms with Crippen LogP contribution in [0.5, 0.6) is 0 Å². The van der Waals surface area contributed by atoms with Crippen LogP contribution in [-0.4, -0.2) is 86.4 Å². The molecule has 0 aromatic carbocycles. The van der Waals surface area contributed by atoms with Crippen LogP contribution < -0.4 is 0 Å². The Hall–Kier alpha value is -1.18. The number of hydrogen-bond acceptors (Lipinski definition) is 5. The summed E-state index contributed by atoms with van der Waals surface area (Å²) in [5, 5.41) is 8.75. The molecule has 1 N–H and O–H groups in total. The van der Waals surface area contributed by atoms with Crippen molar-refractivity contribution in [1.29, 1.82) is 0 Å². The highest BCUT2D eigenvalue weighted by Crippen LogP contribution is 2.03. The van der Waals surface area contributed by atoms with E-state index < -0.39 is 5.97 Å². The zero-order valence-corrected chi connectivity index (χ0v) is 11.3. The quantitative estimate of drug-likeness (QED) is 0.617. The Bertz CT molecular complexity index is 298. The van der Waals surface area contributed by atoms with E-state index in [1.807, 2.05) is 4.90 Å². The zero-order chi connectivity index (χ0) is 14.1. The van der Waals surface area contributed by atoms with Crippen LogP contribution in [0.3, 0.4) is 0 Å². The van der Waals surface area contributed by atoms with Crippen LogP contribution in [0.25, 0.3) is 0 Å². The van der Waals surface area contributed by atoms with E-state index in [2.05, 4.69) is 0 Å². The Kier molecular flexibility index (Phi) is 7.39. The third-order valence-electron chi connectivity index (χ3n) is 2.96. The molecule has 0 aliphatic carbocycles. The number of nitrogens with zero attached hydrogens (tertiary/aromatic N) is 2. The van der Waals surface area contributed by atoms with E-state index in [4.69, 9.17) is 14.6 Å². The van der Waals surface area contributed by atoms with Gasteiger partial charge < -0.3 is 19.5 Å². The van der Waals surface area contributed by atoms with Crippen molar-refractivity contribution in [2.24, 2.45) is 0 Å². The van der Waals surface area contributed by atoms with Crippen LogP contribution in [0, 0.1) is 0 Å². The lowest BCUT2D eigenvalue weighted by Gasteiger charge is -2.21. The lowest BCUT2D eigenvalue weighted by Crippen LogP contribution is -2.38. The lowest BCUT2D eigenvalue weighted by molar-refractivity contribution is -0.138. The molecule has 0 spiro atoms. The Labute approximate surface area is 113 Å². The molecule has 1 amide bonds. The number of hydrogen-bond donors (Lipinski definition) is 1. The van der Waals surface area contributed by atoms with Crippen LogP contribution in [0.15, 0.2) is 0 Å². The molecule has 1 aliphatic heterocycles. The Balaban J connectivity index is 2.27. The van der Waals surface area contributed by atoms with E-state index in [-0.39, 0.29) is 19.1 Å². The first-order valence-corrected chi connectivity index (χ1v) is 6.42. The van der Waals surface area contributed by atoms with Crippen molar-refractivity contribution in [3.8, 4) is 0 Å². The van der Waals surface area contributed by atoms with Crippen LogP contribution in [0.2, 0.25) is 0 Å². The lowest BCUT2D eigenvalue weighted by atomic mass is 10.4. The van der Waals surface area contributed by atoms with E-state index in [1.54, 1.807) is 12.0 Å². The van der Waals surface area contributed by atoms with Gasteiger partial charge in [-0.2, -0.15) is 0 Å². The zero-order valence-electron chi connectivity index (χ0n) is 11.3. The summed E-state index contributed by atoms with van der Waals surface area (Å²) in [4.78, 5) is 26.1. The molecule has 0 unspecified atom stereocenters. The Morgan fingerprint density at radius 2 is 1.95 bits per heavy atom. The molecule has 1 rings (SSSR count). The largest absolute Gasteiger partial charge is 0.480 e. The average molecular weight is 274 g/mol. The maximum atomic E-state index is 11.9. The van der Waals surface area contributed by atoms with Crippen LogP contribution >= 0.6 is 0 Å². The minimum atomic E-state index is -0.831. The molecule has 1 fully saturated rings. The molecular weight excluding hydrogens is 252 g/mol. The van der Waals surface area contributed by atoms with Gasteiger partial charge in [-0.25, -0.2) is 0 Å². The molecule has 19 heavy (non-hydrogen) atoms. The number of ether oxygens (including phenoxy) is 2. The molecule has 7 heteroatoms. The van der Waals surface area contributed by atoms with Gasteiger partial charge in [-0.3, -0.25) is 14.5 Å². The maximum absolute atomic E-state index is 11.9. The smallest absolute Gasteiger partial charge is 0.317 e. The number of carboxylic acid groups (broad SMARTS) is 1. The number of carbonyl (C=O) groups excluding carboxylic acids is 1. The highest BCUT2D eigenvalue weighted by Gasteiger charge is 2.20. The second-order valence-corrected chi connectivity index (χ2v) is 4.45. The fraction of sp³-hybridized carbons (Fsp3) is 0.833. The van der Waals surface area contributed by atoms with Gasteiger partial charge in [-0.1, -0.05) is 0 Å².